The summed E-state index contributed by atoms with van der Waals surface area (Å²) in [5.74, 6) is -0.292. The molecule has 0 saturated carbocycles. The van der Waals surface area contributed by atoms with E-state index in [4.69, 9.17) is 35.4 Å². The minimum absolute atomic E-state index is 0.127. The first-order valence-electron chi connectivity index (χ1n) is 5.37. The van der Waals surface area contributed by atoms with Gasteiger partial charge in [0, 0.05) is 6.54 Å². The van der Waals surface area contributed by atoms with Crippen molar-refractivity contribution in [1.29, 1.82) is 0 Å². The number of likely N-dealkylation sites (N-methyl/N-ethyl adjacent to an activating group) is 1. The Morgan fingerprint density at radius 1 is 1.42 bits per heavy atom. The van der Waals surface area contributed by atoms with Crippen LogP contribution >= 0.6 is 47.2 Å². The van der Waals surface area contributed by atoms with Crippen molar-refractivity contribution in [3.05, 3.63) is 32.6 Å². The van der Waals surface area contributed by atoms with Crippen molar-refractivity contribution >= 4 is 63.5 Å². The summed E-state index contributed by atoms with van der Waals surface area (Å²) in [6, 6.07) is 3.09. The third-order valence-corrected chi connectivity index (χ3v) is 4.48. The molecule has 1 aromatic carbocycles. The van der Waals surface area contributed by atoms with Crippen molar-refractivity contribution in [2.75, 3.05) is 6.54 Å². The van der Waals surface area contributed by atoms with Crippen LogP contribution in [0, 0.1) is 0 Å². The predicted molar refractivity (Wildman–Crippen MR) is 83.7 cm³/mol. The van der Waals surface area contributed by atoms with Crippen LogP contribution in [0.4, 0.5) is 0 Å². The average Bonchev–Trinajstić information content (AvgIpc) is 2.61. The van der Waals surface area contributed by atoms with E-state index in [1.807, 2.05) is 6.92 Å². The number of halogens is 2. The standard InChI is InChI=1S/C12H9Cl2NO2S2/c1-2-15-11(17)9(19-12(15)18)5-6-3-7(13)10(16)8(14)4-6/h3-5,16H,2H2,1H3/b9-5+. The molecule has 0 aliphatic carbocycles. The predicted octanol–water partition coefficient (Wildman–Crippen LogP) is 3.92. The Kier molecular flexibility index (Phi) is 4.40. The number of thioether (sulfide) groups is 1. The van der Waals surface area contributed by atoms with Crippen LogP contribution in [0.5, 0.6) is 5.75 Å². The Morgan fingerprint density at radius 2 is 2.00 bits per heavy atom. The van der Waals surface area contributed by atoms with E-state index in [9.17, 15) is 9.90 Å². The van der Waals surface area contributed by atoms with Gasteiger partial charge in [0.1, 0.15) is 4.32 Å². The minimum atomic E-state index is -0.165. The number of amides is 1. The minimum Gasteiger partial charge on any atom is -0.505 e. The molecule has 1 N–H and O–H groups in total. The summed E-state index contributed by atoms with van der Waals surface area (Å²) in [6.07, 6.45) is 1.66. The monoisotopic (exact) mass is 333 g/mol. The number of aromatic hydroxyl groups is 1. The Bertz CT molecular complexity index is 578. The molecule has 1 saturated heterocycles. The van der Waals surface area contributed by atoms with Gasteiger partial charge in [-0.25, -0.2) is 0 Å². The van der Waals surface area contributed by atoms with Crippen LogP contribution in [0.15, 0.2) is 17.0 Å². The second-order valence-corrected chi connectivity index (χ2v) is 6.25. The number of phenols is 1. The lowest BCUT2D eigenvalue weighted by atomic mass is 10.2. The summed E-state index contributed by atoms with van der Waals surface area (Å²) < 4.78 is 0.537. The molecule has 2 rings (SSSR count). The molecule has 0 unspecified atom stereocenters. The molecule has 0 spiro atoms. The van der Waals surface area contributed by atoms with Gasteiger partial charge in [-0.2, -0.15) is 0 Å². The third kappa shape index (κ3) is 2.89. The highest BCUT2D eigenvalue weighted by molar-refractivity contribution is 8.26. The van der Waals surface area contributed by atoms with E-state index in [-0.39, 0.29) is 21.7 Å². The van der Waals surface area contributed by atoms with Crippen molar-refractivity contribution in [2.45, 2.75) is 6.92 Å². The van der Waals surface area contributed by atoms with E-state index in [1.165, 1.54) is 16.7 Å². The van der Waals surface area contributed by atoms with Crippen LogP contribution in [-0.2, 0) is 4.79 Å². The molecule has 1 heterocycles. The molecule has 1 aliphatic rings. The summed E-state index contributed by atoms with van der Waals surface area (Å²) in [5, 5.41) is 9.77. The second kappa shape index (κ2) is 5.71. The molecular weight excluding hydrogens is 325 g/mol. The van der Waals surface area contributed by atoms with Crippen LogP contribution in [0.25, 0.3) is 6.08 Å². The lowest BCUT2D eigenvalue weighted by molar-refractivity contribution is -0.121. The van der Waals surface area contributed by atoms with Gasteiger partial charge in [0.25, 0.3) is 5.91 Å². The SMILES string of the molecule is CCN1C(=O)/C(=C\c2cc(Cl)c(O)c(Cl)c2)SC1=S. The van der Waals surface area contributed by atoms with Crippen LogP contribution in [-0.4, -0.2) is 26.8 Å². The lowest BCUT2D eigenvalue weighted by Crippen LogP contribution is -2.27. The van der Waals surface area contributed by atoms with Crippen molar-refractivity contribution < 1.29 is 9.90 Å². The normalized spacial score (nSPS) is 17.6. The zero-order valence-electron chi connectivity index (χ0n) is 9.81. The zero-order chi connectivity index (χ0) is 14.2. The number of hydrogen-bond donors (Lipinski definition) is 1. The van der Waals surface area contributed by atoms with Crippen molar-refractivity contribution in [3.63, 3.8) is 0 Å². The van der Waals surface area contributed by atoms with Gasteiger partial charge < -0.3 is 5.11 Å². The quantitative estimate of drug-likeness (QED) is 0.657. The van der Waals surface area contributed by atoms with Gasteiger partial charge >= 0.3 is 0 Å². The van der Waals surface area contributed by atoms with E-state index >= 15 is 0 Å². The molecule has 3 nitrogen and oxygen atoms in total. The zero-order valence-corrected chi connectivity index (χ0v) is 13.0. The molecule has 0 bridgehead atoms. The maximum Gasteiger partial charge on any atom is 0.266 e. The first-order chi connectivity index (χ1) is 8.93. The van der Waals surface area contributed by atoms with Crippen LogP contribution in [0.2, 0.25) is 10.0 Å². The fourth-order valence-electron chi connectivity index (χ4n) is 1.59. The second-order valence-electron chi connectivity index (χ2n) is 3.76. The lowest BCUT2D eigenvalue weighted by Gasteiger charge is -2.09. The van der Waals surface area contributed by atoms with E-state index in [0.29, 0.717) is 21.3 Å². The van der Waals surface area contributed by atoms with Crippen LogP contribution < -0.4 is 0 Å². The number of hydrogen-bond acceptors (Lipinski definition) is 4. The fraction of sp³-hybridized carbons (Fsp3) is 0.167. The van der Waals surface area contributed by atoms with Gasteiger partial charge in [0.2, 0.25) is 0 Å². The Morgan fingerprint density at radius 3 is 2.47 bits per heavy atom. The molecule has 1 aliphatic heterocycles. The number of phenolic OH excluding ortho intramolecular Hbond substituents is 1. The van der Waals surface area contributed by atoms with Crippen molar-refractivity contribution in [2.24, 2.45) is 0 Å². The molecule has 1 aromatic rings. The van der Waals surface area contributed by atoms with Crippen molar-refractivity contribution in [1.82, 2.24) is 4.90 Å². The molecule has 19 heavy (non-hydrogen) atoms. The van der Waals surface area contributed by atoms with Gasteiger partial charge in [-0.05, 0) is 30.7 Å². The largest absolute Gasteiger partial charge is 0.505 e. The van der Waals surface area contributed by atoms with E-state index in [1.54, 1.807) is 18.2 Å². The summed E-state index contributed by atoms with van der Waals surface area (Å²) in [4.78, 5) is 14.1. The molecule has 1 fully saturated rings. The van der Waals surface area contributed by atoms with Crippen LogP contribution in [0.3, 0.4) is 0 Å². The molecule has 0 atom stereocenters. The highest BCUT2D eigenvalue weighted by atomic mass is 35.5. The Hall–Kier alpha value is -0.750. The first-order valence-corrected chi connectivity index (χ1v) is 7.35. The van der Waals surface area contributed by atoms with Gasteiger partial charge in [-0.15, -0.1) is 0 Å². The highest BCUT2D eigenvalue weighted by Gasteiger charge is 2.30. The number of nitrogens with zero attached hydrogens (tertiary/aromatic N) is 1. The number of carbonyl (C=O) groups excluding carboxylic acids is 1. The smallest absolute Gasteiger partial charge is 0.266 e. The summed E-state index contributed by atoms with van der Waals surface area (Å²) in [5.41, 5.74) is 0.643. The maximum absolute atomic E-state index is 12.0. The van der Waals surface area contributed by atoms with E-state index < -0.39 is 0 Å². The summed E-state index contributed by atoms with van der Waals surface area (Å²) in [6.45, 7) is 2.40. The Labute approximate surface area is 130 Å². The first kappa shape index (κ1) is 14.7. The number of benzene rings is 1. The maximum atomic E-state index is 12.0. The van der Waals surface area contributed by atoms with E-state index in [0.717, 1.165) is 0 Å². The molecule has 0 radical (unpaired) electrons. The van der Waals surface area contributed by atoms with Crippen LogP contribution in [0.1, 0.15) is 12.5 Å². The number of thiocarbonyl (C=S) groups is 1. The van der Waals surface area contributed by atoms with Gasteiger partial charge in [0.05, 0.1) is 15.0 Å². The molecule has 100 valence electrons. The van der Waals surface area contributed by atoms with Gasteiger partial charge in [-0.3, -0.25) is 9.69 Å². The summed E-state index contributed by atoms with van der Waals surface area (Å²) in [7, 11) is 0. The number of rotatable bonds is 2. The molecule has 0 aromatic heterocycles. The summed E-state index contributed by atoms with van der Waals surface area (Å²) >= 11 is 18.0. The topological polar surface area (TPSA) is 40.5 Å². The van der Waals surface area contributed by atoms with Crippen molar-refractivity contribution in [3.8, 4) is 5.75 Å². The molecule has 1 amide bonds. The highest BCUT2D eigenvalue weighted by Crippen LogP contribution is 2.36. The van der Waals surface area contributed by atoms with Gasteiger partial charge in [-0.1, -0.05) is 47.2 Å². The molecule has 7 heteroatoms. The Balaban J connectivity index is 2.38. The average molecular weight is 334 g/mol. The van der Waals surface area contributed by atoms with E-state index in [2.05, 4.69) is 0 Å². The number of carbonyl (C=O) groups is 1. The van der Waals surface area contributed by atoms with Gasteiger partial charge in [0.15, 0.2) is 5.75 Å². The fourth-order valence-corrected chi connectivity index (χ4v) is 3.48. The third-order valence-electron chi connectivity index (χ3n) is 2.53. The molecular formula is C12H9Cl2NO2S2.